The van der Waals surface area contributed by atoms with Gasteiger partial charge in [-0.1, -0.05) is 4.98 Å². The highest BCUT2D eigenvalue weighted by Crippen LogP contribution is 2.63. The van der Waals surface area contributed by atoms with E-state index in [9.17, 15) is 62.7 Å². The van der Waals surface area contributed by atoms with Crippen molar-refractivity contribution in [3.8, 4) is 0 Å². The highest BCUT2D eigenvalue weighted by Gasteiger charge is 2.52. The molecule has 422 valence electrons. The topological polar surface area (TPSA) is 549 Å². The average Bonchev–Trinajstić information content (AvgIpc) is 4.21. The van der Waals surface area contributed by atoms with Crippen molar-refractivity contribution in [1.29, 1.82) is 0 Å². The lowest BCUT2D eigenvalue weighted by molar-refractivity contribution is -0.745. The summed E-state index contributed by atoms with van der Waals surface area (Å²) in [5.74, 6) is -0.394. The van der Waals surface area contributed by atoms with Gasteiger partial charge in [-0.15, -0.1) is 0 Å². The van der Waals surface area contributed by atoms with Gasteiger partial charge in [0.2, 0.25) is 17.7 Å². The first-order chi connectivity index (χ1) is 36.2. The molecule has 0 amide bonds. The molecule has 0 aromatic carbocycles. The van der Waals surface area contributed by atoms with Crippen molar-refractivity contribution in [2.75, 3.05) is 57.9 Å². The van der Waals surface area contributed by atoms with E-state index >= 15 is 0 Å². The minimum atomic E-state index is -6.56. The maximum atomic E-state index is 13.6. The number of nitrogens with two attached hydrogens (primary N) is 2. The Hall–Kier alpha value is -5.15. The van der Waals surface area contributed by atoms with E-state index in [4.69, 9.17) is 48.7 Å². The average molecular weight is 1170 g/mol. The molecule has 7 unspecified atom stereocenters. The number of nitrogen functional groups attached to an aromatic ring is 2. The Bertz CT molecular complexity index is 3510. The van der Waals surface area contributed by atoms with Gasteiger partial charge in [-0.05, 0) is 0 Å². The molecular formula is C34H44N15O24P4-3. The van der Waals surface area contributed by atoms with E-state index < -0.39 is 136 Å². The number of fused-ring (bicyclic) bond motifs is 3. The fraction of sp³-hybridized carbons (Fsp3) is 0.559. The van der Waals surface area contributed by atoms with E-state index in [2.05, 4.69) is 58.3 Å². The number of aliphatic hydroxyl groups excluding tert-OH is 3. The minimum Gasteiger partial charge on any atom is -0.756 e. The number of H-pyrrole nitrogens is 2. The molecular weight excluding hydrogens is 1130 g/mol. The normalized spacial score (nSPS) is 30.0. The molecule has 43 heteroatoms. The zero-order chi connectivity index (χ0) is 55.7. The van der Waals surface area contributed by atoms with E-state index in [0.29, 0.717) is 0 Å². The molecule has 10 N–H and O–H groups in total. The van der Waals surface area contributed by atoms with Crippen LogP contribution in [0.3, 0.4) is 0 Å². The van der Waals surface area contributed by atoms with Gasteiger partial charge in [0.1, 0.15) is 66.8 Å². The monoisotopic (exact) mass is 1170 g/mol. The molecule has 6 aromatic heterocycles. The summed E-state index contributed by atoms with van der Waals surface area (Å²) in [5.41, 5.74) is 9.72. The number of aromatic nitrogens is 12. The molecule has 3 aliphatic rings. The van der Waals surface area contributed by atoms with Crippen LogP contribution in [0.15, 0.2) is 34.9 Å². The molecule has 3 saturated heterocycles. The van der Waals surface area contributed by atoms with Crippen LogP contribution >= 0.6 is 31.3 Å². The molecule has 39 nitrogen and oxygen atoms in total. The molecule has 9 heterocycles. The minimum absolute atomic E-state index is 0.000620. The molecule has 0 radical (unpaired) electrons. The lowest BCUT2D eigenvalue weighted by Gasteiger charge is -2.35. The predicted molar refractivity (Wildman–Crippen MR) is 240 cm³/mol. The van der Waals surface area contributed by atoms with Gasteiger partial charge in [0.05, 0.1) is 39.5 Å². The Kier molecular flexibility index (Phi) is 15.8. The molecule has 77 heavy (non-hydrogen) atoms. The summed E-state index contributed by atoms with van der Waals surface area (Å²) in [6, 6.07) is 0. The summed E-state index contributed by atoms with van der Waals surface area (Å²) >= 11 is 0. The van der Waals surface area contributed by atoms with Gasteiger partial charge in [-0.2, -0.15) is 4.98 Å². The van der Waals surface area contributed by atoms with Crippen molar-refractivity contribution in [3.05, 3.63) is 46.0 Å². The summed E-state index contributed by atoms with van der Waals surface area (Å²) in [7, 11) is -19.6. The third-order valence-corrected chi connectivity index (χ3v) is 17.1. The molecule has 3 fully saturated rings. The number of nitrogens with zero attached hydrogens (tertiary/aromatic N) is 10. The van der Waals surface area contributed by atoms with E-state index in [-0.39, 0.29) is 51.2 Å². The van der Waals surface area contributed by atoms with Crippen molar-refractivity contribution < 1.29 is 108 Å². The smallest absolute Gasteiger partial charge is 0.313 e. The van der Waals surface area contributed by atoms with Crippen LogP contribution in [0.25, 0.3) is 33.5 Å². The van der Waals surface area contributed by atoms with Crippen molar-refractivity contribution in [2.24, 2.45) is 7.05 Å². The van der Waals surface area contributed by atoms with Gasteiger partial charge in [-0.3, -0.25) is 51.5 Å². The largest absolute Gasteiger partial charge is 0.756 e. The third-order valence-electron chi connectivity index (χ3n) is 12.0. The predicted octanol–water partition coefficient (Wildman–Crippen LogP) is -6.13. The molecule has 0 bridgehead atoms. The lowest BCUT2D eigenvalue weighted by Crippen LogP contribution is -2.46. The maximum Gasteiger partial charge on any atom is 0.313 e. The van der Waals surface area contributed by atoms with E-state index in [0.717, 1.165) is 31.4 Å². The number of aliphatic hydroxyl groups is 3. The van der Waals surface area contributed by atoms with E-state index in [1.807, 2.05) is 0 Å². The Morgan fingerprint density at radius 2 is 1.27 bits per heavy atom. The van der Waals surface area contributed by atoms with E-state index in [1.54, 1.807) is 0 Å². The second kappa shape index (κ2) is 21.5. The summed E-state index contributed by atoms with van der Waals surface area (Å²) in [6.45, 7) is -3.55. The lowest BCUT2D eigenvalue weighted by atomic mass is 10.1. The summed E-state index contributed by atoms with van der Waals surface area (Å²) in [4.78, 5) is 106. The molecule has 3 aliphatic heterocycles. The number of rotatable bonds is 21. The van der Waals surface area contributed by atoms with Crippen LogP contribution in [-0.4, -0.2) is 165 Å². The van der Waals surface area contributed by atoms with Crippen LogP contribution in [0, 0.1) is 0 Å². The number of aryl methyl sites for hydroxylation is 1. The van der Waals surface area contributed by atoms with Crippen LogP contribution < -0.4 is 52.0 Å². The Morgan fingerprint density at radius 1 is 0.701 bits per heavy atom. The van der Waals surface area contributed by atoms with Crippen LogP contribution in [0.4, 0.5) is 17.7 Å². The Balaban J connectivity index is 0.872. The van der Waals surface area contributed by atoms with Gasteiger partial charge in [-0.25, -0.2) is 33.1 Å². The number of nitrogens with one attached hydrogen (secondary N) is 3. The fourth-order valence-electron chi connectivity index (χ4n) is 8.70. The second-order valence-corrected chi connectivity index (χ2v) is 22.7. The highest BCUT2D eigenvalue weighted by molar-refractivity contribution is 7.65. The Morgan fingerprint density at radius 3 is 1.92 bits per heavy atom. The number of methoxy groups -OCH3 is 2. The molecule has 6 aromatic rings. The first kappa shape index (κ1) is 56.6. The van der Waals surface area contributed by atoms with E-state index in [1.165, 1.54) is 40.5 Å². The molecule has 0 aliphatic carbocycles. The first-order valence-electron chi connectivity index (χ1n) is 21.9. The number of anilines is 3. The van der Waals surface area contributed by atoms with Crippen molar-refractivity contribution in [3.63, 3.8) is 0 Å². The highest BCUT2D eigenvalue weighted by atomic mass is 31.3. The zero-order valence-electron chi connectivity index (χ0n) is 39.7. The Labute approximate surface area is 428 Å². The zero-order valence-corrected chi connectivity index (χ0v) is 43.3. The van der Waals surface area contributed by atoms with Crippen molar-refractivity contribution in [1.82, 2.24) is 53.6 Å². The number of hydrogen-bond acceptors (Lipinski definition) is 33. The number of ether oxygens (including phenoxy) is 5. The van der Waals surface area contributed by atoms with Gasteiger partial charge in [0.25, 0.3) is 48.4 Å². The van der Waals surface area contributed by atoms with Crippen LogP contribution in [0.2, 0.25) is 0 Å². The number of phosphoric ester groups is 3. The maximum absolute atomic E-state index is 13.6. The van der Waals surface area contributed by atoms with Gasteiger partial charge >= 0.3 is 5.65 Å². The molecule has 16 atom stereocenters. The molecule has 0 saturated carbocycles. The SMILES string of the molecule is CNc1ncnc2c1ncn2[C@@H]1O[C@H](COP(=O)([O-])OP(=O)([O-])OP(=O)([O-])OC[C@H]2O[C@@H]([n+]3cn(C)c4c(=O)[nH]c(N)nc43)C(O)[C@H]2OC)[C@H](OP(=O)([O-])OC[C@H]2O[C@@H](n3cnc4c(=O)[nH]c(N)nc43)C(O)[C@H]2O)C1OC. The standard InChI is InChI=1S/C34H47N15O24P4/c1-37-24-15-25(39-8-38-24)47(9-40-15)32-23(64-4)22(71-74(55,56)65-5-12-18(50)19(51)30(68-12)48-10-41-16-26(48)42-33(35)44-28(16)53)14(70-32)7-67-76(59,60)73-77(61,62)72-75(57,58)66-6-13-21(63-3)20(52)31(69-13)49-11-46(2)17-27(49)43-34(36)45-29(17)54/h8-14,18-23,30-32,50-52H,5-7H2,1-4H3,(H10-,35,36,37,38,39,42,43,44,45,53,54,55,56,57,58,59,60,61,62)/p-3/t12-,13-,14-,18+,19?,20?,21+,22+,23?,30-,31-,32-/m1/s1. The third kappa shape index (κ3) is 11.4. The number of hydrogen-bond donors (Lipinski definition) is 8. The van der Waals surface area contributed by atoms with Crippen molar-refractivity contribution >= 4 is 82.5 Å². The number of imidazole rings is 3. The van der Waals surface area contributed by atoms with Crippen LogP contribution in [-0.2, 0) is 75.7 Å². The second-order valence-electron chi connectivity index (χ2n) is 16.8. The fourth-order valence-corrected chi connectivity index (χ4v) is 13.0. The van der Waals surface area contributed by atoms with Gasteiger partial charge in [0.15, 0.2) is 41.4 Å². The van der Waals surface area contributed by atoms with Crippen LogP contribution in [0.5, 0.6) is 0 Å². The number of aromatic amines is 2. The quantitative estimate of drug-likeness (QED) is 0.0246. The summed E-state index contributed by atoms with van der Waals surface area (Å²) in [6.07, 6.45) is -15.1. The van der Waals surface area contributed by atoms with Crippen LogP contribution in [0.1, 0.15) is 18.7 Å². The van der Waals surface area contributed by atoms with Gasteiger partial charge in [0, 0.05) is 21.3 Å². The van der Waals surface area contributed by atoms with Crippen molar-refractivity contribution in [2.45, 2.75) is 73.6 Å². The molecule has 0 spiro atoms. The molecule has 9 rings (SSSR count). The first-order valence-corrected chi connectivity index (χ1v) is 27.8. The van der Waals surface area contributed by atoms with Gasteiger partial charge < -0.3 is 93.5 Å². The summed E-state index contributed by atoms with van der Waals surface area (Å²) < 4.78 is 113. The summed E-state index contributed by atoms with van der Waals surface area (Å²) in [5, 5.41) is 35.6. The number of phosphoric acid groups is 4.